The van der Waals surface area contributed by atoms with Gasteiger partial charge in [0.2, 0.25) is 5.91 Å². The van der Waals surface area contributed by atoms with E-state index in [-0.39, 0.29) is 17.3 Å². The fourth-order valence-electron chi connectivity index (χ4n) is 4.78. The molecule has 1 aromatic rings. The van der Waals surface area contributed by atoms with Gasteiger partial charge in [-0.15, -0.1) is 0 Å². The average Bonchev–Trinajstić information content (AvgIpc) is 2.79. The van der Waals surface area contributed by atoms with E-state index in [2.05, 4.69) is 4.99 Å². The van der Waals surface area contributed by atoms with Crippen molar-refractivity contribution in [3.63, 3.8) is 0 Å². The molecule has 34 heavy (non-hydrogen) atoms. The van der Waals surface area contributed by atoms with Crippen molar-refractivity contribution in [3.05, 3.63) is 23.8 Å². The Morgan fingerprint density at radius 3 is 2.62 bits per heavy atom. The molecule has 188 valence electrons. The van der Waals surface area contributed by atoms with E-state index in [9.17, 15) is 14.7 Å². The van der Waals surface area contributed by atoms with Gasteiger partial charge in [0.1, 0.15) is 11.8 Å². The summed E-state index contributed by atoms with van der Waals surface area (Å²) in [6.07, 6.45) is 7.48. The molecular weight excluding hydrogens is 432 g/mol. The maximum atomic E-state index is 12.5. The number of nitrogens with two attached hydrogens (primary N) is 1. The molecule has 8 nitrogen and oxygen atoms in total. The van der Waals surface area contributed by atoms with Crippen molar-refractivity contribution in [1.29, 1.82) is 0 Å². The SMILES string of the molecule is CN(C(=O)CCCOc1ccc2c(c1)CN(C(CC(C)(C)C)C(=O)O)C(N)=N2)C1CCCCC1. The third-order valence-electron chi connectivity index (χ3n) is 6.71. The number of carbonyl (C=O) groups excluding carboxylic acids is 1. The van der Waals surface area contributed by atoms with Gasteiger partial charge in [-0.1, -0.05) is 40.0 Å². The van der Waals surface area contributed by atoms with Crippen LogP contribution in [0.2, 0.25) is 0 Å². The lowest BCUT2D eigenvalue weighted by Gasteiger charge is -2.36. The van der Waals surface area contributed by atoms with Gasteiger partial charge in [-0.3, -0.25) is 4.79 Å². The quantitative estimate of drug-likeness (QED) is 0.519. The van der Waals surface area contributed by atoms with E-state index in [1.165, 1.54) is 19.3 Å². The van der Waals surface area contributed by atoms with Gasteiger partial charge in [0, 0.05) is 31.6 Å². The van der Waals surface area contributed by atoms with Crippen molar-refractivity contribution >= 4 is 23.5 Å². The summed E-state index contributed by atoms with van der Waals surface area (Å²) < 4.78 is 5.91. The highest BCUT2D eigenvalue weighted by Gasteiger charge is 2.33. The molecule has 0 spiro atoms. The summed E-state index contributed by atoms with van der Waals surface area (Å²) in [6.45, 7) is 6.84. The summed E-state index contributed by atoms with van der Waals surface area (Å²) in [5, 5.41) is 9.81. The van der Waals surface area contributed by atoms with Crippen LogP contribution in [0, 0.1) is 5.41 Å². The molecule has 1 unspecified atom stereocenters. The molecule has 1 atom stereocenters. The maximum absolute atomic E-state index is 12.5. The molecule has 1 amide bonds. The molecule has 1 heterocycles. The first-order chi connectivity index (χ1) is 16.0. The van der Waals surface area contributed by atoms with E-state index >= 15 is 0 Å². The van der Waals surface area contributed by atoms with Crippen molar-refractivity contribution in [1.82, 2.24) is 9.80 Å². The number of guanidine groups is 1. The second kappa shape index (κ2) is 11.1. The zero-order valence-electron chi connectivity index (χ0n) is 21.0. The van der Waals surface area contributed by atoms with Crippen molar-refractivity contribution in [2.45, 2.75) is 90.8 Å². The van der Waals surface area contributed by atoms with Gasteiger partial charge in [-0.2, -0.15) is 0 Å². The Morgan fingerprint density at radius 1 is 1.26 bits per heavy atom. The zero-order chi connectivity index (χ0) is 24.9. The number of fused-ring (bicyclic) bond motifs is 1. The van der Waals surface area contributed by atoms with E-state index in [1.54, 1.807) is 4.90 Å². The average molecular weight is 473 g/mol. The van der Waals surface area contributed by atoms with Gasteiger partial charge in [0.25, 0.3) is 0 Å². The van der Waals surface area contributed by atoms with Crippen LogP contribution in [0.15, 0.2) is 23.2 Å². The molecule has 0 bridgehead atoms. The lowest BCUT2D eigenvalue weighted by Crippen LogP contribution is -2.50. The van der Waals surface area contributed by atoms with Crippen LogP contribution in [-0.4, -0.2) is 58.5 Å². The summed E-state index contributed by atoms with van der Waals surface area (Å²) in [7, 11) is 1.92. The molecule has 3 N–H and O–H groups in total. The fourth-order valence-corrected chi connectivity index (χ4v) is 4.78. The Labute approximate surface area is 203 Å². The van der Waals surface area contributed by atoms with E-state index in [1.807, 2.05) is 50.9 Å². The van der Waals surface area contributed by atoms with Gasteiger partial charge in [0.05, 0.1) is 12.3 Å². The molecule has 1 saturated carbocycles. The summed E-state index contributed by atoms with van der Waals surface area (Å²) >= 11 is 0. The molecule has 8 heteroatoms. The predicted molar refractivity (Wildman–Crippen MR) is 133 cm³/mol. The monoisotopic (exact) mass is 472 g/mol. The highest BCUT2D eigenvalue weighted by molar-refractivity contribution is 5.88. The molecule has 3 rings (SSSR count). The molecular formula is C26H40N4O4. The third kappa shape index (κ3) is 6.87. The van der Waals surface area contributed by atoms with Crippen LogP contribution in [0.4, 0.5) is 5.69 Å². The fraction of sp³-hybridized carbons (Fsp3) is 0.654. The van der Waals surface area contributed by atoms with Crippen LogP contribution in [0.3, 0.4) is 0 Å². The van der Waals surface area contributed by atoms with Crippen LogP contribution in [-0.2, 0) is 16.1 Å². The number of aliphatic carboxylic acids is 1. The maximum Gasteiger partial charge on any atom is 0.326 e. The highest BCUT2D eigenvalue weighted by atomic mass is 16.5. The Kier molecular flexibility index (Phi) is 8.44. The summed E-state index contributed by atoms with van der Waals surface area (Å²) in [5.74, 6) is 0.176. The normalized spacial score (nSPS) is 17.5. The standard InChI is InChI=1S/C26H40N4O4/c1-26(2,3)16-22(24(32)33)30-17-18-15-20(12-13-21(18)28-25(30)27)34-14-8-11-23(31)29(4)19-9-6-5-7-10-19/h12-13,15,19,22H,5-11,14,16-17H2,1-4H3,(H2,27,28)(H,32,33). The minimum atomic E-state index is -0.910. The van der Waals surface area contributed by atoms with Crippen molar-refractivity contribution in [3.8, 4) is 5.75 Å². The van der Waals surface area contributed by atoms with Crippen LogP contribution < -0.4 is 10.5 Å². The molecule has 2 aliphatic rings. The Balaban J connectivity index is 1.56. The summed E-state index contributed by atoms with van der Waals surface area (Å²) in [4.78, 5) is 32.5. The number of rotatable bonds is 9. The second-order valence-electron chi connectivity index (χ2n) is 10.8. The van der Waals surface area contributed by atoms with Crippen LogP contribution in [0.5, 0.6) is 5.75 Å². The minimum absolute atomic E-state index is 0.170. The lowest BCUT2D eigenvalue weighted by molar-refractivity contribution is -0.143. The number of aliphatic imine (C=N–C) groups is 1. The molecule has 0 radical (unpaired) electrons. The van der Waals surface area contributed by atoms with Gasteiger partial charge in [-0.25, -0.2) is 9.79 Å². The van der Waals surface area contributed by atoms with Gasteiger partial charge < -0.3 is 25.4 Å². The molecule has 0 saturated heterocycles. The number of ether oxygens (including phenoxy) is 1. The van der Waals surface area contributed by atoms with Gasteiger partial charge in [0.15, 0.2) is 5.96 Å². The number of hydrogen-bond donors (Lipinski definition) is 2. The Bertz CT molecular complexity index is 903. The number of benzene rings is 1. The number of hydrogen-bond acceptors (Lipinski definition) is 6. The minimum Gasteiger partial charge on any atom is -0.494 e. The van der Waals surface area contributed by atoms with Gasteiger partial charge >= 0.3 is 5.97 Å². The van der Waals surface area contributed by atoms with E-state index in [0.717, 1.165) is 24.1 Å². The largest absolute Gasteiger partial charge is 0.494 e. The number of carboxylic acid groups (broad SMARTS) is 1. The Morgan fingerprint density at radius 2 is 1.97 bits per heavy atom. The number of carbonyl (C=O) groups is 2. The third-order valence-corrected chi connectivity index (χ3v) is 6.71. The smallest absolute Gasteiger partial charge is 0.326 e. The first-order valence-electron chi connectivity index (χ1n) is 12.4. The highest BCUT2D eigenvalue weighted by Crippen LogP contribution is 2.32. The second-order valence-corrected chi connectivity index (χ2v) is 10.8. The van der Waals surface area contributed by atoms with E-state index in [4.69, 9.17) is 10.5 Å². The van der Waals surface area contributed by atoms with Crippen LogP contribution in [0.25, 0.3) is 0 Å². The molecule has 1 aliphatic carbocycles. The zero-order valence-corrected chi connectivity index (χ0v) is 21.0. The van der Waals surface area contributed by atoms with E-state index < -0.39 is 12.0 Å². The van der Waals surface area contributed by atoms with Gasteiger partial charge in [-0.05, 0) is 49.3 Å². The molecule has 1 aromatic carbocycles. The Hall–Kier alpha value is -2.77. The summed E-state index contributed by atoms with van der Waals surface area (Å²) in [6, 6.07) is 5.20. The summed E-state index contributed by atoms with van der Waals surface area (Å²) in [5.41, 5.74) is 7.57. The molecule has 0 aromatic heterocycles. The van der Waals surface area contributed by atoms with Crippen molar-refractivity contribution in [2.75, 3.05) is 13.7 Å². The predicted octanol–water partition coefficient (Wildman–Crippen LogP) is 4.29. The molecule has 1 fully saturated rings. The molecule has 1 aliphatic heterocycles. The van der Waals surface area contributed by atoms with Crippen LogP contribution >= 0.6 is 0 Å². The number of nitrogens with zero attached hydrogens (tertiary/aromatic N) is 3. The van der Waals surface area contributed by atoms with Crippen molar-refractivity contribution in [2.24, 2.45) is 16.1 Å². The van der Waals surface area contributed by atoms with Crippen LogP contribution in [0.1, 0.15) is 77.7 Å². The lowest BCUT2D eigenvalue weighted by atomic mass is 9.87. The van der Waals surface area contributed by atoms with Crippen molar-refractivity contribution < 1.29 is 19.4 Å². The topological polar surface area (TPSA) is 108 Å². The number of carboxylic acids is 1. The first-order valence-corrected chi connectivity index (χ1v) is 12.4. The van der Waals surface area contributed by atoms with E-state index in [0.29, 0.717) is 44.2 Å². The number of amides is 1. The first kappa shape index (κ1) is 25.8.